The van der Waals surface area contributed by atoms with Crippen LogP contribution in [0.2, 0.25) is 0 Å². The first-order chi connectivity index (χ1) is 26.2. The van der Waals surface area contributed by atoms with E-state index >= 15 is 0 Å². The Morgan fingerprint density at radius 3 is 1.60 bits per heavy atom. The Bertz CT molecular complexity index is 1870. The minimum absolute atomic E-state index is 0.256. The summed E-state index contributed by atoms with van der Waals surface area (Å²) in [7, 11) is 0. The third-order valence-corrected chi connectivity index (χ3v) is 9.70. The molecule has 53 heavy (non-hydrogen) atoms. The molecule has 5 atom stereocenters. The van der Waals surface area contributed by atoms with Gasteiger partial charge in [0.25, 0.3) is 0 Å². The molecule has 2 fully saturated rings. The second kappa shape index (κ2) is 18.8. The molecule has 272 valence electrons. The Kier molecular flexibility index (Phi) is 12.9. The van der Waals surface area contributed by atoms with E-state index in [0.29, 0.717) is 45.2 Å². The van der Waals surface area contributed by atoms with Gasteiger partial charge in [-0.2, -0.15) is 5.26 Å². The molecule has 0 saturated carbocycles. The lowest BCUT2D eigenvalue weighted by Gasteiger charge is -2.47. The van der Waals surface area contributed by atoms with E-state index in [1.807, 2.05) is 91.0 Å². The van der Waals surface area contributed by atoms with Crippen molar-refractivity contribution in [1.29, 1.82) is 5.26 Å². The molecule has 0 bridgehead atoms. The maximum absolute atomic E-state index is 10.1. The van der Waals surface area contributed by atoms with Crippen LogP contribution in [0.15, 0.2) is 140 Å². The maximum atomic E-state index is 10.1. The standard InChI is InChI=1S/C45H46N2O6/c46-28-38-21-22-40(47-23-25-48-26-24-47)39(27-38)42-44(51-31-36-17-9-3-10-18-36)45(52-32-37-19-11-4-12-20-37)43(50-30-35-15-7-2-8-16-35)41(53-42)33-49-29-34-13-5-1-6-14-34/h1-22,27,41-45H,23-26,29-33H2/t41-,42?,43-,44+,45+/m1/s1. The zero-order valence-electron chi connectivity index (χ0n) is 29.9. The van der Waals surface area contributed by atoms with Crippen LogP contribution in [0.3, 0.4) is 0 Å². The molecule has 0 N–H and O–H groups in total. The van der Waals surface area contributed by atoms with Gasteiger partial charge in [-0.05, 0) is 40.5 Å². The molecule has 0 radical (unpaired) electrons. The number of rotatable bonds is 15. The van der Waals surface area contributed by atoms with E-state index in [0.717, 1.165) is 46.6 Å². The van der Waals surface area contributed by atoms with Gasteiger partial charge in [-0.3, -0.25) is 0 Å². The van der Waals surface area contributed by atoms with E-state index in [2.05, 4.69) is 59.5 Å². The molecule has 0 amide bonds. The monoisotopic (exact) mass is 710 g/mol. The first kappa shape index (κ1) is 36.5. The quantitative estimate of drug-likeness (QED) is 0.109. The van der Waals surface area contributed by atoms with Gasteiger partial charge in [0.2, 0.25) is 0 Å². The summed E-state index contributed by atoms with van der Waals surface area (Å²) in [5.41, 5.74) is 6.58. The maximum Gasteiger partial charge on any atom is 0.117 e. The third kappa shape index (κ3) is 9.78. The molecule has 2 heterocycles. The molecule has 8 heteroatoms. The highest BCUT2D eigenvalue weighted by molar-refractivity contribution is 5.58. The SMILES string of the molecule is N#Cc1ccc(N2CCOCC2)c(C2O[C@H](COCc3ccccc3)[C@@H](OCc3ccccc3)[C@H](OCc3ccccc3)[C@H]2OCc2ccccc2)c1. The van der Waals surface area contributed by atoms with Crippen LogP contribution in [0.25, 0.3) is 0 Å². The number of anilines is 1. The van der Waals surface area contributed by atoms with Crippen molar-refractivity contribution in [3.05, 3.63) is 173 Å². The molecular weight excluding hydrogens is 665 g/mol. The van der Waals surface area contributed by atoms with Crippen LogP contribution in [0.4, 0.5) is 5.69 Å². The van der Waals surface area contributed by atoms with E-state index in [-0.39, 0.29) is 6.61 Å². The van der Waals surface area contributed by atoms with Crippen LogP contribution in [-0.4, -0.2) is 57.3 Å². The molecule has 5 aromatic rings. The molecule has 8 nitrogen and oxygen atoms in total. The van der Waals surface area contributed by atoms with Crippen molar-refractivity contribution in [2.24, 2.45) is 0 Å². The molecule has 5 aromatic carbocycles. The topological polar surface area (TPSA) is 82.4 Å². The predicted molar refractivity (Wildman–Crippen MR) is 203 cm³/mol. The number of ether oxygens (including phenoxy) is 6. The first-order valence-corrected chi connectivity index (χ1v) is 18.4. The predicted octanol–water partition coefficient (Wildman–Crippen LogP) is 7.81. The van der Waals surface area contributed by atoms with Gasteiger partial charge in [-0.15, -0.1) is 0 Å². The van der Waals surface area contributed by atoms with Crippen molar-refractivity contribution in [2.75, 3.05) is 37.8 Å². The van der Waals surface area contributed by atoms with Crippen LogP contribution in [-0.2, 0) is 54.8 Å². The zero-order chi connectivity index (χ0) is 36.1. The lowest BCUT2D eigenvalue weighted by Crippen LogP contribution is -2.58. The summed E-state index contributed by atoms with van der Waals surface area (Å²) in [4.78, 5) is 2.30. The van der Waals surface area contributed by atoms with E-state index < -0.39 is 30.5 Å². The highest BCUT2D eigenvalue weighted by atomic mass is 16.6. The van der Waals surface area contributed by atoms with Gasteiger partial charge in [0.05, 0.1) is 57.9 Å². The smallest absolute Gasteiger partial charge is 0.117 e. The van der Waals surface area contributed by atoms with Gasteiger partial charge < -0.3 is 33.3 Å². The Balaban J connectivity index is 1.30. The van der Waals surface area contributed by atoms with Crippen LogP contribution in [0.1, 0.15) is 39.5 Å². The summed E-state index contributed by atoms with van der Waals surface area (Å²) < 4.78 is 40.1. The summed E-state index contributed by atoms with van der Waals surface area (Å²) in [5, 5.41) is 10.1. The number of morpholine rings is 1. The van der Waals surface area contributed by atoms with Crippen molar-refractivity contribution in [1.82, 2.24) is 0 Å². The number of nitrogens with zero attached hydrogens (tertiary/aromatic N) is 2. The van der Waals surface area contributed by atoms with Crippen LogP contribution in [0, 0.1) is 11.3 Å². The number of benzene rings is 5. The minimum Gasteiger partial charge on any atom is -0.378 e. The molecule has 0 spiro atoms. The summed E-state index contributed by atoms with van der Waals surface area (Å²) in [6, 6.07) is 48.7. The summed E-state index contributed by atoms with van der Waals surface area (Å²) >= 11 is 0. The molecule has 2 aliphatic heterocycles. The van der Waals surface area contributed by atoms with Gasteiger partial charge in [-0.1, -0.05) is 121 Å². The normalized spacial score (nSPS) is 21.6. The minimum atomic E-state index is -0.618. The summed E-state index contributed by atoms with van der Waals surface area (Å²) in [6.07, 6.45) is -2.90. The van der Waals surface area contributed by atoms with Gasteiger partial charge in [0.15, 0.2) is 0 Å². The third-order valence-electron chi connectivity index (χ3n) is 9.70. The molecule has 7 rings (SSSR count). The number of hydrogen-bond donors (Lipinski definition) is 0. The fourth-order valence-corrected chi connectivity index (χ4v) is 6.98. The van der Waals surface area contributed by atoms with Gasteiger partial charge in [0, 0.05) is 24.3 Å². The average molecular weight is 711 g/mol. The summed E-state index contributed by atoms with van der Waals surface area (Å²) in [5.74, 6) is 0. The summed E-state index contributed by atoms with van der Waals surface area (Å²) in [6.45, 7) is 4.40. The van der Waals surface area contributed by atoms with E-state index in [1.54, 1.807) is 0 Å². The van der Waals surface area contributed by atoms with E-state index in [4.69, 9.17) is 28.4 Å². The van der Waals surface area contributed by atoms with Gasteiger partial charge >= 0.3 is 0 Å². The fourth-order valence-electron chi connectivity index (χ4n) is 6.98. The Morgan fingerprint density at radius 1 is 0.585 bits per heavy atom. The molecule has 1 unspecified atom stereocenters. The highest BCUT2D eigenvalue weighted by Gasteiger charge is 2.49. The number of nitriles is 1. The second-order valence-electron chi connectivity index (χ2n) is 13.4. The molecule has 2 aliphatic rings. The molecular formula is C45H46N2O6. The molecule has 0 aromatic heterocycles. The van der Waals surface area contributed by atoms with Crippen molar-refractivity contribution >= 4 is 5.69 Å². The first-order valence-electron chi connectivity index (χ1n) is 18.4. The second-order valence-corrected chi connectivity index (χ2v) is 13.4. The fraction of sp³-hybridized carbons (Fsp3) is 0.311. The molecule has 0 aliphatic carbocycles. The zero-order valence-corrected chi connectivity index (χ0v) is 29.9. The average Bonchev–Trinajstić information content (AvgIpc) is 3.23. The highest BCUT2D eigenvalue weighted by Crippen LogP contribution is 2.42. The Labute approximate surface area is 312 Å². The van der Waals surface area contributed by atoms with Crippen LogP contribution in [0.5, 0.6) is 0 Å². The van der Waals surface area contributed by atoms with Gasteiger partial charge in [0.1, 0.15) is 30.5 Å². The largest absolute Gasteiger partial charge is 0.378 e. The van der Waals surface area contributed by atoms with Gasteiger partial charge in [-0.25, -0.2) is 0 Å². The van der Waals surface area contributed by atoms with E-state index in [9.17, 15) is 5.26 Å². The number of hydrogen-bond acceptors (Lipinski definition) is 8. The lowest BCUT2D eigenvalue weighted by molar-refractivity contribution is -0.275. The van der Waals surface area contributed by atoms with Crippen molar-refractivity contribution in [2.45, 2.75) is 56.9 Å². The van der Waals surface area contributed by atoms with Crippen molar-refractivity contribution in [3.8, 4) is 6.07 Å². The van der Waals surface area contributed by atoms with Crippen molar-refractivity contribution in [3.63, 3.8) is 0 Å². The Morgan fingerprint density at radius 2 is 1.08 bits per heavy atom. The van der Waals surface area contributed by atoms with Crippen molar-refractivity contribution < 1.29 is 28.4 Å². The van der Waals surface area contributed by atoms with Crippen LogP contribution < -0.4 is 4.90 Å². The van der Waals surface area contributed by atoms with Crippen LogP contribution >= 0.6 is 0 Å². The van der Waals surface area contributed by atoms with E-state index in [1.165, 1.54) is 0 Å². The lowest BCUT2D eigenvalue weighted by atomic mass is 9.88. The molecule has 2 saturated heterocycles. The Hall–Kier alpha value is -4.85.